The summed E-state index contributed by atoms with van der Waals surface area (Å²) in [6.45, 7) is -0.473. The molecule has 2 aliphatic rings. The van der Waals surface area contributed by atoms with E-state index in [2.05, 4.69) is 5.32 Å². The number of β-lactam (4-membered cyclic amide) rings is 1. The highest BCUT2D eigenvalue weighted by Gasteiger charge is 2.54. The number of amides is 2. The maximum absolute atomic E-state index is 12.2. The minimum atomic E-state index is -1.32. The first-order valence-corrected chi connectivity index (χ1v) is 7.90. The van der Waals surface area contributed by atoms with Crippen LogP contribution in [0.25, 0.3) is 0 Å². The normalized spacial score (nSPS) is 22.7. The third-order valence-electron chi connectivity index (χ3n) is 3.68. The first kappa shape index (κ1) is 16.3. The maximum atomic E-state index is 12.2. The van der Waals surface area contributed by atoms with Crippen LogP contribution in [0.3, 0.4) is 0 Å². The standard InChI is InChI=1S/C14H12N2O7S/c17-4-6-5-24-13-8(12(20)16(13)9(6)14(21)22)15-11(19)10(18)7-2-1-3-23-7/h1-3,8,13,17H,4-5H2,(H,15,19)(H,21,22)/t8-,13-/m1/s1. The molecule has 0 aliphatic carbocycles. The summed E-state index contributed by atoms with van der Waals surface area (Å²) in [5, 5.41) is 20.1. The number of Topliss-reactive ketones (excluding diaryl/α,β-unsaturated/α-hetero) is 1. The summed E-state index contributed by atoms with van der Waals surface area (Å²) in [5.74, 6) is -3.83. The number of ketones is 1. The molecule has 1 saturated heterocycles. The number of carbonyl (C=O) groups is 4. The second kappa shape index (κ2) is 6.13. The molecule has 10 heteroatoms. The van der Waals surface area contributed by atoms with Crippen LogP contribution in [0.4, 0.5) is 0 Å². The molecule has 126 valence electrons. The Hall–Kier alpha value is -2.59. The van der Waals surface area contributed by atoms with E-state index in [1.54, 1.807) is 0 Å². The van der Waals surface area contributed by atoms with Crippen LogP contribution in [0.15, 0.2) is 34.1 Å². The highest BCUT2D eigenvalue weighted by molar-refractivity contribution is 8.00. The first-order valence-electron chi connectivity index (χ1n) is 6.85. The lowest BCUT2D eigenvalue weighted by atomic mass is 10.0. The van der Waals surface area contributed by atoms with Gasteiger partial charge in [0.15, 0.2) is 5.76 Å². The maximum Gasteiger partial charge on any atom is 0.352 e. The quantitative estimate of drug-likeness (QED) is 0.356. The molecule has 9 nitrogen and oxygen atoms in total. The van der Waals surface area contributed by atoms with E-state index in [1.165, 1.54) is 30.2 Å². The van der Waals surface area contributed by atoms with E-state index in [0.29, 0.717) is 0 Å². The van der Waals surface area contributed by atoms with Crippen LogP contribution in [0.5, 0.6) is 0 Å². The third-order valence-corrected chi connectivity index (χ3v) is 5.02. The Morgan fingerprint density at radius 2 is 2.17 bits per heavy atom. The molecule has 1 aromatic heterocycles. The number of aliphatic hydroxyl groups is 1. The summed E-state index contributed by atoms with van der Waals surface area (Å²) < 4.78 is 4.84. The Balaban J connectivity index is 1.74. The summed E-state index contributed by atoms with van der Waals surface area (Å²) >= 11 is 1.20. The fourth-order valence-electron chi connectivity index (χ4n) is 2.53. The number of rotatable bonds is 5. The second-order valence-electron chi connectivity index (χ2n) is 5.08. The molecular weight excluding hydrogens is 340 g/mol. The predicted molar refractivity (Wildman–Crippen MR) is 79.8 cm³/mol. The Morgan fingerprint density at radius 1 is 1.42 bits per heavy atom. The van der Waals surface area contributed by atoms with Crippen molar-refractivity contribution >= 4 is 35.3 Å². The molecule has 0 bridgehead atoms. The molecule has 0 radical (unpaired) electrons. The van der Waals surface area contributed by atoms with Crippen molar-refractivity contribution in [3.63, 3.8) is 0 Å². The van der Waals surface area contributed by atoms with Gasteiger partial charge in [0.1, 0.15) is 17.1 Å². The molecule has 0 aromatic carbocycles. The zero-order valence-corrected chi connectivity index (χ0v) is 12.9. The molecule has 2 amide bonds. The smallest absolute Gasteiger partial charge is 0.352 e. The average molecular weight is 352 g/mol. The minimum absolute atomic E-state index is 0.152. The highest BCUT2D eigenvalue weighted by Crippen LogP contribution is 2.40. The van der Waals surface area contributed by atoms with Crippen LogP contribution in [0.2, 0.25) is 0 Å². The lowest BCUT2D eigenvalue weighted by Gasteiger charge is -2.49. The van der Waals surface area contributed by atoms with E-state index in [4.69, 9.17) is 4.42 Å². The van der Waals surface area contributed by atoms with Crippen molar-refractivity contribution in [2.45, 2.75) is 11.4 Å². The Kier molecular flexibility index (Phi) is 4.16. The van der Waals surface area contributed by atoms with Gasteiger partial charge in [0.25, 0.3) is 17.6 Å². The lowest BCUT2D eigenvalue weighted by molar-refractivity contribution is -0.150. The summed E-state index contributed by atoms with van der Waals surface area (Å²) in [6.07, 6.45) is 1.24. The van der Waals surface area contributed by atoms with E-state index >= 15 is 0 Å². The number of furan rings is 1. The van der Waals surface area contributed by atoms with Crippen molar-refractivity contribution in [2.75, 3.05) is 12.4 Å². The van der Waals surface area contributed by atoms with Crippen molar-refractivity contribution in [1.82, 2.24) is 10.2 Å². The van der Waals surface area contributed by atoms with E-state index in [0.717, 1.165) is 4.90 Å². The van der Waals surface area contributed by atoms with Crippen molar-refractivity contribution in [3.8, 4) is 0 Å². The van der Waals surface area contributed by atoms with Crippen LogP contribution in [-0.2, 0) is 14.4 Å². The van der Waals surface area contributed by atoms with Crippen molar-refractivity contribution in [3.05, 3.63) is 35.4 Å². The molecule has 0 unspecified atom stereocenters. The fourth-order valence-corrected chi connectivity index (χ4v) is 3.87. The highest BCUT2D eigenvalue weighted by atomic mass is 32.2. The van der Waals surface area contributed by atoms with Crippen molar-refractivity contribution in [2.24, 2.45) is 0 Å². The molecule has 0 saturated carbocycles. The topological polar surface area (TPSA) is 137 Å². The Morgan fingerprint density at radius 3 is 2.75 bits per heavy atom. The summed E-state index contributed by atoms with van der Waals surface area (Å²) in [5.41, 5.74) is -0.0392. The molecule has 3 heterocycles. The number of carbonyl (C=O) groups excluding carboxylic acids is 3. The average Bonchev–Trinajstić information content (AvgIpc) is 3.11. The Labute approximate surface area is 139 Å². The predicted octanol–water partition coefficient (Wildman–Crippen LogP) is -0.807. The fraction of sp³-hybridized carbons (Fsp3) is 0.286. The SMILES string of the molecule is O=C(O)C1=C(CO)CS[C@@H]2[C@H](NC(=O)C(=O)c3ccco3)C(=O)N12. The van der Waals surface area contributed by atoms with Gasteiger partial charge in [0, 0.05) is 5.75 Å². The molecule has 3 N–H and O–H groups in total. The lowest BCUT2D eigenvalue weighted by Crippen LogP contribution is -2.71. The first-order chi connectivity index (χ1) is 11.5. The minimum Gasteiger partial charge on any atom is -0.477 e. The van der Waals surface area contributed by atoms with E-state index in [1.807, 2.05) is 0 Å². The largest absolute Gasteiger partial charge is 0.477 e. The zero-order chi connectivity index (χ0) is 17.4. The van der Waals surface area contributed by atoms with Gasteiger partial charge >= 0.3 is 5.97 Å². The Bertz CT molecular complexity index is 755. The third kappa shape index (κ3) is 2.49. The number of hydrogen-bond donors (Lipinski definition) is 3. The number of thioether (sulfide) groups is 1. The number of aliphatic hydroxyl groups excluding tert-OH is 1. The summed E-state index contributed by atoms with van der Waals surface area (Å²) in [4.78, 5) is 48.3. The van der Waals surface area contributed by atoms with Crippen LogP contribution in [0, 0.1) is 0 Å². The van der Waals surface area contributed by atoms with Crippen LogP contribution >= 0.6 is 11.8 Å². The second-order valence-corrected chi connectivity index (χ2v) is 6.19. The van der Waals surface area contributed by atoms with Crippen LogP contribution < -0.4 is 5.32 Å². The number of fused-ring (bicyclic) bond motifs is 1. The van der Waals surface area contributed by atoms with Gasteiger partial charge in [-0.15, -0.1) is 11.8 Å². The number of carboxylic acids is 1. The number of carboxylic acid groups (broad SMARTS) is 1. The van der Waals surface area contributed by atoms with Gasteiger partial charge < -0.3 is 19.9 Å². The number of nitrogens with zero attached hydrogens (tertiary/aromatic N) is 1. The molecule has 1 aromatic rings. The van der Waals surface area contributed by atoms with E-state index in [-0.39, 0.29) is 22.8 Å². The van der Waals surface area contributed by atoms with Gasteiger partial charge in [0.05, 0.1) is 12.9 Å². The van der Waals surface area contributed by atoms with Gasteiger partial charge in [-0.2, -0.15) is 0 Å². The van der Waals surface area contributed by atoms with Gasteiger partial charge in [0.2, 0.25) is 0 Å². The molecule has 2 atom stereocenters. The summed E-state index contributed by atoms with van der Waals surface area (Å²) in [7, 11) is 0. The van der Waals surface area contributed by atoms with Gasteiger partial charge in [-0.05, 0) is 17.7 Å². The number of aliphatic carboxylic acids is 1. The van der Waals surface area contributed by atoms with Crippen molar-refractivity contribution < 1.29 is 33.8 Å². The monoisotopic (exact) mass is 352 g/mol. The summed E-state index contributed by atoms with van der Waals surface area (Å²) in [6, 6.07) is 1.77. The van der Waals surface area contributed by atoms with E-state index < -0.39 is 41.6 Å². The van der Waals surface area contributed by atoms with Gasteiger partial charge in [-0.3, -0.25) is 19.3 Å². The number of hydrogen-bond acceptors (Lipinski definition) is 7. The molecule has 2 aliphatic heterocycles. The molecule has 3 rings (SSSR count). The molecule has 0 spiro atoms. The van der Waals surface area contributed by atoms with Crippen LogP contribution in [0.1, 0.15) is 10.6 Å². The van der Waals surface area contributed by atoms with Crippen molar-refractivity contribution in [1.29, 1.82) is 0 Å². The number of nitrogens with one attached hydrogen (secondary N) is 1. The van der Waals surface area contributed by atoms with Gasteiger partial charge in [-0.1, -0.05) is 0 Å². The molecule has 24 heavy (non-hydrogen) atoms. The zero-order valence-electron chi connectivity index (χ0n) is 12.1. The van der Waals surface area contributed by atoms with Crippen LogP contribution in [-0.4, -0.2) is 62.5 Å². The molecular formula is C14H12N2O7S. The van der Waals surface area contributed by atoms with Gasteiger partial charge in [-0.25, -0.2) is 4.79 Å². The molecule has 1 fully saturated rings. The van der Waals surface area contributed by atoms with E-state index in [9.17, 15) is 29.4 Å².